The molecule has 0 spiro atoms. The number of rotatable bonds is 7. The lowest BCUT2D eigenvalue weighted by molar-refractivity contribution is -0.118. The fraction of sp³-hybridized carbons (Fsp3) is 0.333. The van der Waals surface area contributed by atoms with Gasteiger partial charge in [-0.05, 0) is 35.6 Å². The molecule has 0 heterocycles. The molecule has 3 aromatic rings. The first-order valence-electron chi connectivity index (χ1n) is 12.2. The molecule has 4 nitrogen and oxygen atoms in total. The summed E-state index contributed by atoms with van der Waals surface area (Å²) in [5, 5.41) is 2.66. The van der Waals surface area contributed by atoms with Crippen LogP contribution in [-0.4, -0.2) is 17.9 Å². The fourth-order valence-electron chi connectivity index (χ4n) is 2.90. The lowest BCUT2D eigenvalue weighted by Gasteiger charge is -2.16. The molecule has 184 valence electrons. The normalized spacial score (nSPS) is 9.97. The number of Topliss-reactive ketones (excluding diaryl/α,β-unsaturated/α-hetero) is 1. The van der Waals surface area contributed by atoms with Crippen molar-refractivity contribution >= 4 is 11.9 Å². The van der Waals surface area contributed by atoms with Crippen LogP contribution in [0.3, 0.4) is 0 Å². The van der Waals surface area contributed by atoms with Crippen LogP contribution in [0.1, 0.15) is 59.6 Å². The van der Waals surface area contributed by atoms with Gasteiger partial charge in [0.05, 0.1) is 6.04 Å². The number of nitrogens with one attached hydrogen (secondary N) is 1. The standard InChI is InChI=1S/C24H23NO3.3C2H6/c1-18(26)23(16-19-8-4-2-5-9-19)25-24(27)28-17-20-12-14-22(15-13-20)21-10-6-3-7-11-21;3*1-2/h2-15,23H,16-17H2,1H3,(H,25,27);3*1-2H3. The smallest absolute Gasteiger partial charge is 0.408 e. The van der Waals surface area contributed by atoms with Crippen molar-refractivity contribution in [3.05, 3.63) is 96.1 Å². The molecular formula is C30H41NO3. The summed E-state index contributed by atoms with van der Waals surface area (Å²) in [6.07, 6.45) is -0.153. The summed E-state index contributed by atoms with van der Waals surface area (Å²) in [7, 11) is 0. The van der Waals surface area contributed by atoms with Gasteiger partial charge in [-0.3, -0.25) is 4.79 Å². The number of carbonyl (C=O) groups excluding carboxylic acids is 2. The topological polar surface area (TPSA) is 55.4 Å². The van der Waals surface area contributed by atoms with E-state index in [2.05, 4.69) is 5.32 Å². The number of ether oxygens (including phenoxy) is 1. The molecule has 0 aliphatic carbocycles. The number of hydrogen-bond acceptors (Lipinski definition) is 3. The number of alkyl carbamates (subject to hydrolysis) is 1. The Morgan fingerprint density at radius 1 is 0.676 bits per heavy atom. The monoisotopic (exact) mass is 463 g/mol. The van der Waals surface area contributed by atoms with E-state index in [4.69, 9.17) is 4.74 Å². The van der Waals surface area contributed by atoms with Gasteiger partial charge in [-0.1, -0.05) is 126 Å². The van der Waals surface area contributed by atoms with Crippen LogP contribution in [0.25, 0.3) is 11.1 Å². The first-order valence-corrected chi connectivity index (χ1v) is 12.2. The summed E-state index contributed by atoms with van der Waals surface area (Å²) < 4.78 is 5.29. The first kappa shape index (κ1) is 30.6. The van der Waals surface area contributed by atoms with Crippen LogP contribution in [0.5, 0.6) is 0 Å². The Kier molecular flexibility index (Phi) is 17.2. The summed E-state index contributed by atoms with van der Waals surface area (Å²) >= 11 is 0. The molecule has 0 aromatic heterocycles. The van der Waals surface area contributed by atoms with Gasteiger partial charge in [0.2, 0.25) is 0 Å². The maximum Gasteiger partial charge on any atom is 0.408 e. The van der Waals surface area contributed by atoms with Gasteiger partial charge in [-0.25, -0.2) is 4.79 Å². The minimum atomic E-state index is -0.602. The van der Waals surface area contributed by atoms with E-state index in [1.54, 1.807) is 0 Å². The Balaban J connectivity index is 0.00000168. The highest BCUT2D eigenvalue weighted by Crippen LogP contribution is 2.19. The largest absolute Gasteiger partial charge is 0.445 e. The predicted octanol–water partition coefficient (Wildman–Crippen LogP) is 7.86. The number of ketones is 1. The molecule has 3 aromatic carbocycles. The molecule has 1 amide bonds. The Bertz CT molecular complexity index is 907. The molecule has 0 radical (unpaired) electrons. The van der Waals surface area contributed by atoms with E-state index in [1.165, 1.54) is 6.92 Å². The maximum absolute atomic E-state index is 12.1. The highest BCUT2D eigenvalue weighted by atomic mass is 16.5. The number of carbonyl (C=O) groups is 2. The first-order chi connectivity index (χ1) is 16.6. The average Bonchev–Trinajstić information content (AvgIpc) is 2.92. The van der Waals surface area contributed by atoms with Gasteiger partial charge >= 0.3 is 6.09 Å². The van der Waals surface area contributed by atoms with Crippen molar-refractivity contribution in [1.82, 2.24) is 5.32 Å². The van der Waals surface area contributed by atoms with Gasteiger partial charge in [0, 0.05) is 0 Å². The van der Waals surface area contributed by atoms with Gasteiger partial charge in [-0.15, -0.1) is 0 Å². The molecule has 0 aliphatic heterocycles. The second kappa shape index (κ2) is 19.1. The van der Waals surface area contributed by atoms with E-state index in [0.29, 0.717) is 6.42 Å². The summed E-state index contributed by atoms with van der Waals surface area (Å²) in [6, 6.07) is 26.9. The third-order valence-corrected chi connectivity index (χ3v) is 4.50. The van der Waals surface area contributed by atoms with E-state index in [0.717, 1.165) is 22.3 Å². The second-order valence-corrected chi connectivity index (χ2v) is 6.64. The highest BCUT2D eigenvalue weighted by Gasteiger charge is 2.18. The SMILES string of the molecule is CC.CC.CC.CC(=O)C(Cc1ccccc1)NC(=O)OCc1ccc(-c2ccccc2)cc1. The lowest BCUT2D eigenvalue weighted by atomic mass is 10.0. The lowest BCUT2D eigenvalue weighted by Crippen LogP contribution is -2.41. The third-order valence-electron chi connectivity index (χ3n) is 4.50. The number of benzene rings is 3. The average molecular weight is 464 g/mol. The van der Waals surface area contributed by atoms with E-state index in [-0.39, 0.29) is 12.4 Å². The van der Waals surface area contributed by atoms with Crippen molar-refractivity contribution in [2.45, 2.75) is 67.5 Å². The van der Waals surface area contributed by atoms with Crippen LogP contribution in [0.2, 0.25) is 0 Å². The fourth-order valence-corrected chi connectivity index (χ4v) is 2.90. The van der Waals surface area contributed by atoms with Gasteiger partial charge in [0.1, 0.15) is 6.61 Å². The molecule has 0 saturated carbocycles. The van der Waals surface area contributed by atoms with Crippen molar-refractivity contribution in [2.75, 3.05) is 0 Å². The zero-order valence-electron chi connectivity index (χ0n) is 21.8. The summed E-state index contributed by atoms with van der Waals surface area (Å²) in [5.74, 6) is -0.104. The van der Waals surface area contributed by atoms with Crippen molar-refractivity contribution in [3.63, 3.8) is 0 Å². The molecule has 34 heavy (non-hydrogen) atoms. The number of hydrogen-bond donors (Lipinski definition) is 1. The molecule has 0 saturated heterocycles. The molecule has 0 fully saturated rings. The van der Waals surface area contributed by atoms with Crippen LogP contribution >= 0.6 is 0 Å². The molecule has 1 atom stereocenters. The van der Waals surface area contributed by atoms with Crippen molar-refractivity contribution < 1.29 is 14.3 Å². The minimum Gasteiger partial charge on any atom is -0.445 e. The van der Waals surface area contributed by atoms with Crippen molar-refractivity contribution in [1.29, 1.82) is 0 Å². The van der Waals surface area contributed by atoms with Crippen molar-refractivity contribution in [2.24, 2.45) is 0 Å². The molecule has 1 N–H and O–H groups in total. The van der Waals surface area contributed by atoms with Gasteiger partial charge in [0.15, 0.2) is 5.78 Å². The zero-order chi connectivity index (χ0) is 25.8. The molecule has 0 bridgehead atoms. The third kappa shape index (κ3) is 11.5. The van der Waals surface area contributed by atoms with E-state index < -0.39 is 12.1 Å². The van der Waals surface area contributed by atoms with Crippen LogP contribution in [0.15, 0.2) is 84.9 Å². The van der Waals surface area contributed by atoms with Crippen LogP contribution in [-0.2, 0) is 22.6 Å². The van der Waals surface area contributed by atoms with E-state index in [9.17, 15) is 9.59 Å². The highest BCUT2D eigenvalue weighted by molar-refractivity contribution is 5.85. The maximum atomic E-state index is 12.1. The Morgan fingerprint density at radius 3 is 1.65 bits per heavy atom. The van der Waals surface area contributed by atoms with Gasteiger partial charge < -0.3 is 10.1 Å². The molecule has 1 unspecified atom stereocenters. The Hall–Kier alpha value is -3.40. The summed E-state index contributed by atoms with van der Waals surface area (Å²) in [5.41, 5.74) is 4.11. The molecular weight excluding hydrogens is 422 g/mol. The van der Waals surface area contributed by atoms with Crippen molar-refractivity contribution in [3.8, 4) is 11.1 Å². The quantitative estimate of drug-likeness (QED) is 0.388. The Labute approximate surface area is 206 Å². The Morgan fingerprint density at radius 2 is 1.15 bits per heavy atom. The van der Waals surface area contributed by atoms with Gasteiger partial charge in [0.25, 0.3) is 0 Å². The molecule has 0 aliphatic rings. The van der Waals surface area contributed by atoms with Crippen LogP contribution in [0, 0.1) is 0 Å². The summed E-state index contributed by atoms with van der Waals surface area (Å²) in [4.78, 5) is 24.0. The van der Waals surface area contributed by atoms with E-state index >= 15 is 0 Å². The molecule has 4 heteroatoms. The molecule has 3 rings (SSSR count). The minimum absolute atomic E-state index is 0.104. The zero-order valence-corrected chi connectivity index (χ0v) is 21.8. The van der Waals surface area contributed by atoms with Crippen LogP contribution < -0.4 is 5.32 Å². The van der Waals surface area contributed by atoms with Gasteiger partial charge in [-0.2, -0.15) is 0 Å². The van der Waals surface area contributed by atoms with E-state index in [1.807, 2.05) is 126 Å². The predicted molar refractivity (Wildman–Crippen MR) is 144 cm³/mol. The van der Waals surface area contributed by atoms with Crippen LogP contribution in [0.4, 0.5) is 4.79 Å². The number of amides is 1. The second-order valence-electron chi connectivity index (χ2n) is 6.64. The summed E-state index contributed by atoms with van der Waals surface area (Å²) in [6.45, 7) is 13.6.